The van der Waals surface area contributed by atoms with Gasteiger partial charge >= 0.3 is 5.97 Å². The first-order valence-corrected chi connectivity index (χ1v) is 14.4. The number of esters is 1. The Morgan fingerprint density at radius 3 is 1.18 bits per heavy atom. The van der Waals surface area contributed by atoms with E-state index in [1.165, 1.54) is 6.92 Å². The molecular formula is C22H54O5Si. The number of rotatable bonds is 5. The molecule has 0 aliphatic carbocycles. The highest BCUT2D eigenvalue weighted by atomic mass is 28.3. The lowest BCUT2D eigenvalue weighted by Crippen LogP contribution is -2.21. The summed E-state index contributed by atoms with van der Waals surface area (Å²) < 4.78 is 19.2. The molecule has 0 bridgehead atoms. The summed E-state index contributed by atoms with van der Waals surface area (Å²) in [4.78, 5) is 10.2. The monoisotopic (exact) mass is 426 g/mol. The average Bonchev–Trinajstić information content (AvgIpc) is 2.45. The van der Waals surface area contributed by atoms with Crippen molar-refractivity contribution < 1.29 is 23.7 Å². The fourth-order valence-corrected chi connectivity index (χ4v) is 0.969. The van der Waals surface area contributed by atoms with E-state index in [4.69, 9.17) is 14.2 Å². The molecule has 0 N–H and O–H groups in total. The van der Waals surface area contributed by atoms with E-state index < -0.39 is 8.07 Å². The summed E-state index contributed by atoms with van der Waals surface area (Å²) in [6.45, 7) is 31.6. The Bertz CT molecular complexity index is 272. The highest BCUT2D eigenvalue weighted by Gasteiger charge is 2.11. The van der Waals surface area contributed by atoms with Crippen LogP contribution < -0.4 is 0 Å². The van der Waals surface area contributed by atoms with Gasteiger partial charge in [-0.1, -0.05) is 26.2 Å². The topological polar surface area (TPSA) is 54.0 Å². The summed E-state index contributed by atoms with van der Waals surface area (Å²) in [5.74, 6) is -0.225. The van der Waals surface area contributed by atoms with Gasteiger partial charge < -0.3 is 18.9 Å². The maximum absolute atomic E-state index is 10.2. The van der Waals surface area contributed by atoms with Crippen molar-refractivity contribution in [3.8, 4) is 0 Å². The standard InChI is InChI=1S/C6H12O2.C5H12O.C4H10O.C4H12Si.C3H8O/c1-5(7)8-6(2,3)4;1-4-6-5(2)3;1-3-5-4-2;1-5(2,3)4;1-3-4-2/h1-4H3;5H,4H2,1-3H3;3-4H2,1-2H3;1-4H3;3H2,1-2H3. The zero-order chi connectivity index (χ0) is 23.8. The van der Waals surface area contributed by atoms with Gasteiger partial charge in [-0.15, -0.1) is 0 Å². The number of methoxy groups -OCH3 is 1. The molecule has 0 radical (unpaired) electrons. The SMILES string of the molecule is CC(=O)OC(C)(C)C.CCOC.CCOC(C)C.CCOCC.C[Si](C)(C)C. The molecule has 0 aromatic carbocycles. The molecule has 0 saturated carbocycles. The quantitative estimate of drug-likeness (QED) is 0.374. The molecular weight excluding hydrogens is 372 g/mol. The van der Waals surface area contributed by atoms with Gasteiger partial charge in [0.2, 0.25) is 0 Å². The van der Waals surface area contributed by atoms with E-state index >= 15 is 0 Å². The van der Waals surface area contributed by atoms with Crippen LogP contribution in [0, 0.1) is 0 Å². The highest BCUT2D eigenvalue weighted by molar-refractivity contribution is 6.74. The van der Waals surface area contributed by atoms with Crippen molar-refractivity contribution in [2.45, 2.75) is 107 Å². The minimum absolute atomic E-state index is 0.225. The molecule has 176 valence electrons. The van der Waals surface area contributed by atoms with Crippen LogP contribution in [0.1, 0.15) is 69.2 Å². The molecule has 5 nitrogen and oxygen atoms in total. The van der Waals surface area contributed by atoms with E-state index in [-0.39, 0.29) is 11.6 Å². The van der Waals surface area contributed by atoms with Gasteiger partial charge in [-0.3, -0.25) is 4.79 Å². The molecule has 0 unspecified atom stereocenters. The molecule has 0 aromatic heterocycles. The Labute approximate surface area is 178 Å². The Balaban J connectivity index is -0.0000000805. The van der Waals surface area contributed by atoms with Crippen molar-refractivity contribution in [2.24, 2.45) is 0 Å². The third kappa shape index (κ3) is 138. The van der Waals surface area contributed by atoms with Gasteiger partial charge in [0, 0.05) is 48.5 Å². The number of carbonyl (C=O) groups is 1. The Kier molecular flexibility index (Phi) is 36.3. The van der Waals surface area contributed by atoms with Crippen LogP contribution in [0.2, 0.25) is 26.2 Å². The van der Waals surface area contributed by atoms with E-state index in [1.807, 2.05) is 62.3 Å². The lowest BCUT2D eigenvalue weighted by Gasteiger charge is -2.17. The van der Waals surface area contributed by atoms with Crippen molar-refractivity contribution in [3.63, 3.8) is 0 Å². The highest BCUT2D eigenvalue weighted by Crippen LogP contribution is 2.05. The van der Waals surface area contributed by atoms with Gasteiger partial charge in [0.05, 0.1) is 6.10 Å². The minimum atomic E-state index is -0.611. The van der Waals surface area contributed by atoms with Crippen LogP contribution in [-0.2, 0) is 23.7 Å². The normalized spacial score (nSPS) is 10.0. The lowest BCUT2D eigenvalue weighted by atomic mass is 10.2. The zero-order valence-corrected chi connectivity index (χ0v) is 22.9. The van der Waals surface area contributed by atoms with Crippen LogP contribution in [-0.4, -0.2) is 59.3 Å². The number of hydrogen-bond donors (Lipinski definition) is 0. The van der Waals surface area contributed by atoms with Gasteiger partial charge in [-0.05, 0) is 62.3 Å². The lowest BCUT2D eigenvalue weighted by molar-refractivity contribution is -0.151. The fourth-order valence-electron chi connectivity index (χ4n) is 0.969. The first-order chi connectivity index (χ1) is 12.5. The molecule has 0 atom stereocenters. The second-order valence-corrected chi connectivity index (χ2v) is 14.6. The van der Waals surface area contributed by atoms with E-state index in [0.717, 1.165) is 26.4 Å². The first kappa shape index (κ1) is 38.2. The fraction of sp³-hybridized carbons (Fsp3) is 0.955. The van der Waals surface area contributed by atoms with Gasteiger partial charge in [-0.25, -0.2) is 0 Å². The summed E-state index contributed by atoms with van der Waals surface area (Å²) in [6.07, 6.45) is 0.398. The first-order valence-electron chi connectivity index (χ1n) is 10.4. The van der Waals surface area contributed by atoms with Crippen LogP contribution in [0.15, 0.2) is 0 Å². The van der Waals surface area contributed by atoms with Gasteiger partial charge in [-0.2, -0.15) is 0 Å². The molecule has 0 rings (SSSR count). The van der Waals surface area contributed by atoms with Gasteiger partial charge in [0.25, 0.3) is 0 Å². The summed E-state index contributed by atoms with van der Waals surface area (Å²) in [7, 11) is 1.07. The number of hydrogen-bond acceptors (Lipinski definition) is 5. The molecule has 28 heavy (non-hydrogen) atoms. The zero-order valence-electron chi connectivity index (χ0n) is 21.9. The second-order valence-electron chi connectivity index (χ2n) is 8.57. The van der Waals surface area contributed by atoms with E-state index in [1.54, 1.807) is 7.11 Å². The predicted molar refractivity (Wildman–Crippen MR) is 127 cm³/mol. The van der Waals surface area contributed by atoms with Crippen molar-refractivity contribution in [1.82, 2.24) is 0 Å². The summed E-state index contributed by atoms with van der Waals surface area (Å²) in [6, 6.07) is 0. The van der Waals surface area contributed by atoms with E-state index in [2.05, 4.69) is 30.9 Å². The van der Waals surface area contributed by atoms with Crippen LogP contribution in [0.4, 0.5) is 0 Å². The Hall–Kier alpha value is -0.433. The summed E-state index contributed by atoms with van der Waals surface area (Å²) >= 11 is 0. The Morgan fingerprint density at radius 2 is 1.18 bits per heavy atom. The third-order valence-electron chi connectivity index (χ3n) is 1.65. The van der Waals surface area contributed by atoms with E-state index in [9.17, 15) is 4.79 Å². The molecule has 0 aliphatic heterocycles. The van der Waals surface area contributed by atoms with Gasteiger partial charge in [0.1, 0.15) is 5.60 Å². The second kappa shape index (κ2) is 26.6. The maximum atomic E-state index is 10.2. The predicted octanol–water partition coefficient (Wildman–Crippen LogP) is 6.43. The van der Waals surface area contributed by atoms with Crippen molar-refractivity contribution in [2.75, 3.05) is 33.5 Å². The Morgan fingerprint density at radius 1 is 0.857 bits per heavy atom. The van der Waals surface area contributed by atoms with Crippen LogP contribution in [0.3, 0.4) is 0 Å². The average molecular weight is 427 g/mol. The summed E-state index contributed by atoms with van der Waals surface area (Å²) in [5, 5.41) is 0. The molecule has 6 heteroatoms. The number of carbonyl (C=O) groups excluding carboxylic acids is 1. The van der Waals surface area contributed by atoms with E-state index in [0.29, 0.717) is 6.10 Å². The van der Waals surface area contributed by atoms with Crippen LogP contribution in [0.25, 0.3) is 0 Å². The molecule has 0 spiro atoms. The molecule has 0 aliphatic rings. The molecule has 0 saturated heterocycles. The molecule has 0 aromatic rings. The molecule has 0 heterocycles. The molecule has 0 amide bonds. The largest absolute Gasteiger partial charge is 0.460 e. The molecule has 0 fully saturated rings. The van der Waals surface area contributed by atoms with Gasteiger partial charge in [0.15, 0.2) is 0 Å². The maximum Gasteiger partial charge on any atom is 0.303 e. The van der Waals surface area contributed by atoms with Crippen molar-refractivity contribution >= 4 is 14.0 Å². The van der Waals surface area contributed by atoms with Crippen LogP contribution in [0.5, 0.6) is 0 Å². The van der Waals surface area contributed by atoms with Crippen molar-refractivity contribution in [3.05, 3.63) is 0 Å². The van der Waals surface area contributed by atoms with Crippen LogP contribution >= 0.6 is 0 Å². The summed E-state index contributed by atoms with van der Waals surface area (Å²) in [5.41, 5.74) is -0.328. The smallest absolute Gasteiger partial charge is 0.303 e. The third-order valence-corrected chi connectivity index (χ3v) is 1.65. The number of ether oxygens (including phenoxy) is 4. The minimum Gasteiger partial charge on any atom is -0.460 e. The van der Waals surface area contributed by atoms with Crippen molar-refractivity contribution in [1.29, 1.82) is 0 Å².